The molecule has 1 aromatic rings. The largest absolute Gasteiger partial charge is 0.312 e. The molecule has 3 heteroatoms. The van der Waals surface area contributed by atoms with E-state index >= 15 is 0 Å². The van der Waals surface area contributed by atoms with E-state index in [-0.39, 0.29) is 5.92 Å². The Bertz CT molecular complexity index is 551. The van der Waals surface area contributed by atoms with Gasteiger partial charge < -0.3 is 4.90 Å². The normalized spacial score (nSPS) is 20.2. The Labute approximate surface area is 148 Å². The number of aryl methyl sites for hydroxylation is 1. The molecule has 0 spiro atoms. The second-order valence-corrected chi connectivity index (χ2v) is 8.40. The molecule has 2 aliphatic rings. The van der Waals surface area contributed by atoms with E-state index in [0.717, 1.165) is 45.1 Å². The fourth-order valence-electron chi connectivity index (χ4n) is 3.98. The second-order valence-electron chi connectivity index (χ2n) is 7.10. The first kappa shape index (κ1) is 17.0. The number of nitrogens with zero attached hydrogens (tertiary/aromatic N) is 1. The van der Waals surface area contributed by atoms with Crippen LogP contribution in [0.4, 0.5) is 5.69 Å². The summed E-state index contributed by atoms with van der Waals surface area (Å²) in [4.78, 5) is 15.6. The molecule has 1 aliphatic heterocycles. The Kier molecular flexibility index (Phi) is 5.79. The molecule has 1 atom stereocenters. The summed E-state index contributed by atoms with van der Waals surface area (Å²) in [5.41, 5.74) is 3.94. The van der Waals surface area contributed by atoms with Crippen molar-refractivity contribution in [3.8, 4) is 0 Å². The highest BCUT2D eigenvalue weighted by atomic mass is 79.9. The van der Waals surface area contributed by atoms with Gasteiger partial charge in [-0.2, -0.15) is 0 Å². The standard InChI is InChI=1S/C20H28BrNO/c1-2-18(21)14-15-10-11-19-17(13-15)9-6-12-22(19)20(23)16-7-4-3-5-8-16/h10-11,13,16,18H,2-9,12,14H2,1H3. The van der Waals surface area contributed by atoms with Crippen molar-refractivity contribution in [3.63, 3.8) is 0 Å². The van der Waals surface area contributed by atoms with E-state index in [2.05, 4.69) is 46.0 Å². The summed E-state index contributed by atoms with van der Waals surface area (Å²) in [5, 5.41) is 0. The molecule has 1 aromatic carbocycles. The molecule has 0 bridgehead atoms. The van der Waals surface area contributed by atoms with Crippen LogP contribution in [0.3, 0.4) is 0 Å². The lowest BCUT2D eigenvalue weighted by atomic mass is 9.87. The second kappa shape index (κ2) is 7.83. The number of hydrogen-bond donors (Lipinski definition) is 0. The number of carbonyl (C=O) groups excluding carboxylic acids is 1. The highest BCUT2D eigenvalue weighted by Gasteiger charge is 2.29. The Hall–Kier alpha value is -0.830. The zero-order valence-corrected chi connectivity index (χ0v) is 15.8. The maximum Gasteiger partial charge on any atom is 0.230 e. The van der Waals surface area contributed by atoms with Crippen LogP contribution in [0, 0.1) is 5.92 Å². The third-order valence-electron chi connectivity index (χ3n) is 5.38. The van der Waals surface area contributed by atoms with Gasteiger partial charge in [-0.25, -0.2) is 0 Å². The number of rotatable bonds is 4. The number of benzene rings is 1. The number of amides is 1. The minimum atomic E-state index is 0.265. The maximum atomic E-state index is 12.9. The molecule has 0 N–H and O–H groups in total. The topological polar surface area (TPSA) is 20.3 Å². The van der Waals surface area contributed by atoms with E-state index in [9.17, 15) is 4.79 Å². The highest BCUT2D eigenvalue weighted by Crippen LogP contribution is 2.33. The van der Waals surface area contributed by atoms with Gasteiger partial charge in [-0.3, -0.25) is 4.79 Å². The summed E-state index contributed by atoms with van der Waals surface area (Å²) in [7, 11) is 0. The van der Waals surface area contributed by atoms with Crippen LogP contribution in [-0.4, -0.2) is 17.3 Å². The van der Waals surface area contributed by atoms with Crippen molar-refractivity contribution in [3.05, 3.63) is 29.3 Å². The van der Waals surface area contributed by atoms with Crippen LogP contribution in [0.5, 0.6) is 0 Å². The molecule has 0 saturated heterocycles. The van der Waals surface area contributed by atoms with Gasteiger partial charge in [-0.1, -0.05) is 54.2 Å². The van der Waals surface area contributed by atoms with Crippen molar-refractivity contribution < 1.29 is 4.79 Å². The molecule has 0 radical (unpaired) electrons. The van der Waals surface area contributed by atoms with Gasteiger partial charge in [-0.05, 0) is 55.7 Å². The Morgan fingerprint density at radius 2 is 2.04 bits per heavy atom. The molecule has 1 aliphatic carbocycles. The molecule has 1 fully saturated rings. The monoisotopic (exact) mass is 377 g/mol. The quantitative estimate of drug-likeness (QED) is 0.655. The number of hydrogen-bond acceptors (Lipinski definition) is 1. The fourth-order valence-corrected chi connectivity index (χ4v) is 4.35. The van der Waals surface area contributed by atoms with E-state index in [1.54, 1.807) is 0 Å². The Morgan fingerprint density at radius 1 is 1.26 bits per heavy atom. The highest BCUT2D eigenvalue weighted by molar-refractivity contribution is 9.09. The first-order valence-electron chi connectivity index (χ1n) is 9.26. The van der Waals surface area contributed by atoms with Crippen molar-refractivity contribution in [2.75, 3.05) is 11.4 Å². The summed E-state index contributed by atoms with van der Waals surface area (Å²) < 4.78 is 0. The van der Waals surface area contributed by atoms with Crippen molar-refractivity contribution >= 4 is 27.5 Å². The number of carbonyl (C=O) groups is 1. The van der Waals surface area contributed by atoms with Crippen LogP contribution < -0.4 is 4.90 Å². The van der Waals surface area contributed by atoms with Crippen molar-refractivity contribution in [1.82, 2.24) is 0 Å². The van der Waals surface area contributed by atoms with Crippen LogP contribution in [0.2, 0.25) is 0 Å². The first-order valence-corrected chi connectivity index (χ1v) is 10.2. The molecular weight excluding hydrogens is 350 g/mol. The van der Waals surface area contributed by atoms with Gasteiger partial charge >= 0.3 is 0 Å². The molecule has 23 heavy (non-hydrogen) atoms. The lowest BCUT2D eigenvalue weighted by molar-refractivity contribution is -0.123. The maximum absolute atomic E-state index is 12.9. The summed E-state index contributed by atoms with van der Waals surface area (Å²) >= 11 is 3.73. The molecule has 3 rings (SSSR count). The Morgan fingerprint density at radius 3 is 2.78 bits per heavy atom. The minimum absolute atomic E-state index is 0.265. The predicted molar refractivity (Wildman–Crippen MR) is 100 cm³/mol. The number of anilines is 1. The Balaban J connectivity index is 1.77. The van der Waals surface area contributed by atoms with Gasteiger partial charge in [-0.15, -0.1) is 0 Å². The van der Waals surface area contributed by atoms with Gasteiger partial charge in [0.2, 0.25) is 5.91 Å². The fraction of sp³-hybridized carbons (Fsp3) is 0.650. The van der Waals surface area contributed by atoms with E-state index in [1.165, 1.54) is 36.1 Å². The summed E-state index contributed by atoms with van der Waals surface area (Å²) in [6, 6.07) is 6.74. The third-order valence-corrected chi connectivity index (χ3v) is 6.35. The number of alkyl halides is 1. The van der Waals surface area contributed by atoms with Gasteiger partial charge in [0.25, 0.3) is 0 Å². The van der Waals surface area contributed by atoms with Crippen molar-refractivity contribution in [2.45, 2.75) is 69.5 Å². The lowest BCUT2D eigenvalue weighted by Gasteiger charge is -2.34. The van der Waals surface area contributed by atoms with Crippen LogP contribution in [0.25, 0.3) is 0 Å². The molecule has 1 amide bonds. The smallest absolute Gasteiger partial charge is 0.230 e. The summed E-state index contributed by atoms with van der Waals surface area (Å²) in [5.74, 6) is 0.645. The van der Waals surface area contributed by atoms with Crippen molar-refractivity contribution in [2.24, 2.45) is 5.92 Å². The van der Waals surface area contributed by atoms with E-state index < -0.39 is 0 Å². The van der Waals surface area contributed by atoms with Gasteiger partial charge in [0.05, 0.1) is 0 Å². The summed E-state index contributed by atoms with van der Waals surface area (Å²) in [6.45, 7) is 3.11. The SMILES string of the molecule is CCC(Br)Cc1ccc2c(c1)CCCN2C(=O)C1CCCCC1. The van der Waals surface area contributed by atoms with Crippen LogP contribution in [0.15, 0.2) is 18.2 Å². The van der Waals surface area contributed by atoms with Crippen LogP contribution >= 0.6 is 15.9 Å². The van der Waals surface area contributed by atoms with E-state index in [4.69, 9.17) is 0 Å². The number of halogens is 1. The number of fused-ring (bicyclic) bond motifs is 1. The lowest BCUT2D eigenvalue weighted by Crippen LogP contribution is -2.40. The molecule has 2 nitrogen and oxygen atoms in total. The molecule has 0 aromatic heterocycles. The predicted octanol–water partition coefficient (Wildman–Crippen LogP) is 5.26. The molecule has 1 unspecified atom stereocenters. The van der Waals surface area contributed by atoms with E-state index in [1.807, 2.05) is 0 Å². The molecule has 126 valence electrons. The average Bonchev–Trinajstić information content (AvgIpc) is 2.61. The minimum Gasteiger partial charge on any atom is -0.312 e. The van der Waals surface area contributed by atoms with E-state index in [0.29, 0.717) is 10.7 Å². The zero-order valence-electron chi connectivity index (χ0n) is 14.2. The van der Waals surface area contributed by atoms with Gasteiger partial charge in [0, 0.05) is 23.0 Å². The van der Waals surface area contributed by atoms with Crippen LogP contribution in [-0.2, 0) is 17.6 Å². The van der Waals surface area contributed by atoms with Crippen molar-refractivity contribution in [1.29, 1.82) is 0 Å². The molecular formula is C20H28BrNO. The molecule has 1 saturated carbocycles. The average molecular weight is 378 g/mol. The van der Waals surface area contributed by atoms with Gasteiger partial charge in [0.15, 0.2) is 0 Å². The van der Waals surface area contributed by atoms with Crippen LogP contribution in [0.1, 0.15) is 63.0 Å². The first-order chi connectivity index (χ1) is 11.2. The third kappa shape index (κ3) is 3.99. The summed E-state index contributed by atoms with van der Waals surface area (Å²) in [6.07, 6.45) is 10.3. The molecule has 1 heterocycles. The van der Waals surface area contributed by atoms with Gasteiger partial charge in [0.1, 0.15) is 0 Å². The zero-order chi connectivity index (χ0) is 16.2.